The second-order valence-corrected chi connectivity index (χ2v) is 6.43. The zero-order chi connectivity index (χ0) is 14.5. The van der Waals surface area contributed by atoms with Crippen LogP contribution in [0.5, 0.6) is 0 Å². The van der Waals surface area contributed by atoms with Gasteiger partial charge in [0.2, 0.25) is 0 Å². The van der Waals surface area contributed by atoms with E-state index in [9.17, 15) is 0 Å². The van der Waals surface area contributed by atoms with E-state index in [0.29, 0.717) is 5.54 Å². The molecule has 0 saturated carbocycles. The number of rotatable bonds is 4. The molecule has 0 atom stereocenters. The van der Waals surface area contributed by atoms with E-state index in [-0.39, 0.29) is 0 Å². The van der Waals surface area contributed by atoms with E-state index in [4.69, 9.17) is 4.74 Å². The number of piperidine rings is 1. The van der Waals surface area contributed by atoms with Gasteiger partial charge in [-0.3, -0.25) is 4.90 Å². The minimum Gasteiger partial charge on any atom is -0.378 e. The van der Waals surface area contributed by atoms with E-state index in [1.807, 2.05) is 0 Å². The molecule has 0 aliphatic carbocycles. The van der Waals surface area contributed by atoms with Crippen molar-refractivity contribution in [2.24, 2.45) is 0 Å². The van der Waals surface area contributed by atoms with Crippen molar-refractivity contribution >= 4 is 0 Å². The Hall–Kier alpha value is -0.900. The van der Waals surface area contributed by atoms with Crippen molar-refractivity contribution in [1.29, 1.82) is 0 Å². The van der Waals surface area contributed by atoms with Crippen LogP contribution in [0.4, 0.5) is 0 Å². The number of benzene rings is 1. The van der Waals surface area contributed by atoms with Gasteiger partial charge in [-0.25, -0.2) is 0 Å². The van der Waals surface area contributed by atoms with E-state index in [1.54, 1.807) is 0 Å². The van der Waals surface area contributed by atoms with Gasteiger partial charge in [-0.2, -0.15) is 0 Å². The van der Waals surface area contributed by atoms with Gasteiger partial charge in [-0.15, -0.1) is 0 Å². The number of likely N-dealkylation sites (tertiary alicyclic amines) is 1. The van der Waals surface area contributed by atoms with E-state index >= 15 is 0 Å². The molecule has 0 radical (unpaired) electrons. The predicted octanol–water partition coefficient (Wildman–Crippen LogP) is 2.42. The molecule has 2 fully saturated rings. The highest BCUT2D eigenvalue weighted by molar-refractivity contribution is 5.15. The monoisotopic (exact) mass is 288 g/mol. The average Bonchev–Trinajstić information content (AvgIpc) is 2.56. The molecule has 1 aromatic carbocycles. The first-order chi connectivity index (χ1) is 10.3. The number of likely N-dealkylation sites (N-methyl/N-ethyl adjacent to an activating group) is 1. The fourth-order valence-corrected chi connectivity index (χ4v) is 3.84. The summed E-state index contributed by atoms with van der Waals surface area (Å²) in [5.74, 6) is 0. The fraction of sp³-hybridized carbons (Fsp3) is 0.667. The van der Waals surface area contributed by atoms with Crippen LogP contribution in [0.2, 0.25) is 0 Å². The van der Waals surface area contributed by atoms with E-state index in [1.165, 1.54) is 44.5 Å². The van der Waals surface area contributed by atoms with Gasteiger partial charge < -0.3 is 9.64 Å². The molecule has 0 bridgehead atoms. The van der Waals surface area contributed by atoms with Gasteiger partial charge in [0, 0.05) is 18.6 Å². The molecule has 0 unspecified atom stereocenters. The van der Waals surface area contributed by atoms with Gasteiger partial charge >= 0.3 is 0 Å². The van der Waals surface area contributed by atoms with Crippen molar-refractivity contribution in [3.8, 4) is 0 Å². The highest BCUT2D eigenvalue weighted by atomic mass is 16.5. The maximum atomic E-state index is 5.80. The highest BCUT2D eigenvalue weighted by Gasteiger charge is 2.41. The zero-order valence-electron chi connectivity index (χ0n) is 13.3. The molecule has 116 valence electrons. The molecule has 0 N–H and O–H groups in total. The topological polar surface area (TPSA) is 15.7 Å². The lowest BCUT2D eigenvalue weighted by Crippen LogP contribution is -2.61. The normalized spacial score (nSPS) is 23.5. The quantitative estimate of drug-likeness (QED) is 0.846. The molecule has 0 aromatic heterocycles. The molecule has 2 aliphatic heterocycles. The van der Waals surface area contributed by atoms with Crippen molar-refractivity contribution in [1.82, 2.24) is 9.80 Å². The summed E-state index contributed by atoms with van der Waals surface area (Å²) in [5, 5.41) is 0. The molecular formula is C18H28N2O. The fourth-order valence-electron chi connectivity index (χ4n) is 3.84. The van der Waals surface area contributed by atoms with Crippen LogP contribution in [0, 0.1) is 0 Å². The van der Waals surface area contributed by atoms with Crippen molar-refractivity contribution < 1.29 is 4.74 Å². The number of hydrogen-bond donors (Lipinski definition) is 0. The zero-order valence-corrected chi connectivity index (χ0v) is 13.3. The van der Waals surface area contributed by atoms with Crippen LogP contribution >= 0.6 is 0 Å². The van der Waals surface area contributed by atoms with Crippen molar-refractivity contribution in [2.75, 3.05) is 45.9 Å². The van der Waals surface area contributed by atoms with Gasteiger partial charge in [0.1, 0.15) is 0 Å². The maximum absolute atomic E-state index is 5.80. The van der Waals surface area contributed by atoms with Crippen LogP contribution in [0.15, 0.2) is 30.3 Å². The van der Waals surface area contributed by atoms with Gasteiger partial charge in [0.15, 0.2) is 0 Å². The Morgan fingerprint density at radius 1 is 1.10 bits per heavy atom. The minimum absolute atomic E-state index is 0.330. The first-order valence-corrected chi connectivity index (χ1v) is 8.41. The van der Waals surface area contributed by atoms with Crippen LogP contribution < -0.4 is 0 Å². The predicted molar refractivity (Wildman–Crippen MR) is 86.6 cm³/mol. The Balaban J connectivity index is 1.50. The largest absolute Gasteiger partial charge is 0.378 e. The van der Waals surface area contributed by atoms with Crippen LogP contribution in [0.3, 0.4) is 0 Å². The Morgan fingerprint density at radius 3 is 2.57 bits per heavy atom. The van der Waals surface area contributed by atoms with Gasteiger partial charge in [-0.1, -0.05) is 37.3 Å². The van der Waals surface area contributed by atoms with Gasteiger partial charge in [0.05, 0.1) is 13.2 Å². The molecule has 1 aromatic rings. The van der Waals surface area contributed by atoms with Gasteiger partial charge in [-0.05, 0) is 44.5 Å². The van der Waals surface area contributed by atoms with E-state index in [2.05, 4.69) is 47.1 Å². The number of hydrogen-bond acceptors (Lipinski definition) is 3. The third-order valence-corrected chi connectivity index (χ3v) is 5.28. The van der Waals surface area contributed by atoms with Crippen LogP contribution in [0.25, 0.3) is 0 Å². The SMILES string of the molecule is CCN1CCOCC12CCN(CCc1ccccc1)CC2. The third kappa shape index (κ3) is 3.47. The lowest BCUT2D eigenvalue weighted by Gasteiger charge is -2.51. The first kappa shape index (κ1) is 15.0. The lowest BCUT2D eigenvalue weighted by molar-refractivity contribution is -0.0923. The molecule has 3 rings (SSSR count). The first-order valence-electron chi connectivity index (χ1n) is 8.41. The van der Waals surface area contributed by atoms with Crippen molar-refractivity contribution in [3.05, 3.63) is 35.9 Å². The summed E-state index contributed by atoms with van der Waals surface area (Å²) < 4.78 is 5.80. The van der Waals surface area contributed by atoms with E-state index < -0.39 is 0 Å². The molecule has 3 heteroatoms. The maximum Gasteiger partial charge on any atom is 0.0652 e. The molecule has 21 heavy (non-hydrogen) atoms. The number of nitrogens with zero attached hydrogens (tertiary/aromatic N) is 2. The Kier molecular flexibility index (Phi) is 4.94. The number of morpholine rings is 1. The Labute approximate surface area is 128 Å². The smallest absolute Gasteiger partial charge is 0.0652 e. The summed E-state index contributed by atoms with van der Waals surface area (Å²) in [4.78, 5) is 5.28. The standard InChI is InChI=1S/C18H28N2O/c1-2-20-14-15-21-16-18(20)9-12-19(13-10-18)11-8-17-6-4-3-5-7-17/h3-7H,2,8-16H2,1H3. The number of ether oxygens (including phenoxy) is 1. The van der Waals surface area contributed by atoms with Crippen molar-refractivity contribution in [3.63, 3.8) is 0 Å². The minimum atomic E-state index is 0.330. The highest BCUT2D eigenvalue weighted by Crippen LogP contribution is 2.31. The summed E-state index contributed by atoms with van der Waals surface area (Å²) in [7, 11) is 0. The summed E-state index contributed by atoms with van der Waals surface area (Å²) >= 11 is 0. The lowest BCUT2D eigenvalue weighted by atomic mass is 9.85. The molecule has 2 saturated heterocycles. The second kappa shape index (κ2) is 6.91. The molecule has 3 nitrogen and oxygen atoms in total. The van der Waals surface area contributed by atoms with Crippen LogP contribution in [-0.4, -0.2) is 61.3 Å². The van der Waals surface area contributed by atoms with Crippen LogP contribution in [-0.2, 0) is 11.2 Å². The summed E-state index contributed by atoms with van der Waals surface area (Å²) in [6, 6.07) is 10.8. The third-order valence-electron chi connectivity index (χ3n) is 5.28. The Morgan fingerprint density at radius 2 is 1.86 bits per heavy atom. The second-order valence-electron chi connectivity index (χ2n) is 6.43. The summed E-state index contributed by atoms with van der Waals surface area (Å²) in [5.41, 5.74) is 1.78. The Bertz CT molecular complexity index is 426. The van der Waals surface area contributed by atoms with Gasteiger partial charge in [0.25, 0.3) is 0 Å². The van der Waals surface area contributed by atoms with Crippen molar-refractivity contribution in [2.45, 2.75) is 31.7 Å². The molecule has 1 spiro atoms. The van der Waals surface area contributed by atoms with Crippen LogP contribution in [0.1, 0.15) is 25.3 Å². The summed E-state index contributed by atoms with van der Waals surface area (Å²) in [6.07, 6.45) is 3.69. The molecule has 0 amide bonds. The molecular weight excluding hydrogens is 260 g/mol. The molecule has 2 aliphatic rings. The van der Waals surface area contributed by atoms with E-state index in [0.717, 1.165) is 26.3 Å². The molecule has 2 heterocycles. The summed E-state index contributed by atoms with van der Waals surface area (Å²) in [6.45, 7) is 10.0. The average molecular weight is 288 g/mol.